The zero-order valence-corrected chi connectivity index (χ0v) is 9.13. The first-order valence-electron chi connectivity index (χ1n) is 5.67. The van der Waals surface area contributed by atoms with Gasteiger partial charge in [-0.05, 0) is 24.8 Å². The third kappa shape index (κ3) is 2.83. The SMILES string of the molecule is O=C1CC[C@@H]([C@@H](O)CCc2ccccc2)O1. The molecule has 86 valence electrons. The Morgan fingerprint density at radius 3 is 2.75 bits per heavy atom. The van der Waals surface area contributed by atoms with Crippen molar-refractivity contribution >= 4 is 5.97 Å². The Morgan fingerprint density at radius 1 is 1.38 bits per heavy atom. The normalized spacial score (nSPS) is 21.8. The number of carbonyl (C=O) groups excluding carboxylic acids is 1. The zero-order valence-electron chi connectivity index (χ0n) is 9.13. The molecule has 1 heterocycles. The molecule has 1 aromatic carbocycles. The van der Waals surface area contributed by atoms with Crippen LogP contribution in [-0.2, 0) is 16.0 Å². The van der Waals surface area contributed by atoms with Crippen molar-refractivity contribution < 1.29 is 14.6 Å². The number of esters is 1. The molecule has 1 N–H and O–H groups in total. The second kappa shape index (κ2) is 5.12. The molecule has 3 nitrogen and oxygen atoms in total. The van der Waals surface area contributed by atoms with Gasteiger partial charge in [0, 0.05) is 6.42 Å². The van der Waals surface area contributed by atoms with Crippen molar-refractivity contribution in [1.82, 2.24) is 0 Å². The van der Waals surface area contributed by atoms with Crippen molar-refractivity contribution in [2.75, 3.05) is 0 Å². The summed E-state index contributed by atoms with van der Waals surface area (Å²) in [5.41, 5.74) is 1.20. The Morgan fingerprint density at radius 2 is 2.12 bits per heavy atom. The third-order valence-corrected chi connectivity index (χ3v) is 2.92. The standard InChI is InChI=1S/C13H16O3/c14-11(12-8-9-13(15)16-12)7-6-10-4-2-1-3-5-10/h1-5,11-12,14H,6-9H2/t11-,12-/m0/s1. The fourth-order valence-corrected chi connectivity index (χ4v) is 1.96. The Labute approximate surface area is 95.0 Å². The first kappa shape index (κ1) is 11.1. The molecule has 0 aliphatic carbocycles. The molecule has 2 atom stereocenters. The average Bonchev–Trinajstić information content (AvgIpc) is 2.74. The van der Waals surface area contributed by atoms with Crippen LogP contribution >= 0.6 is 0 Å². The lowest BCUT2D eigenvalue weighted by atomic mass is 10.0. The average molecular weight is 220 g/mol. The predicted octanol–water partition coefficient (Wildman–Crippen LogP) is 1.69. The van der Waals surface area contributed by atoms with Crippen molar-refractivity contribution in [2.45, 2.75) is 37.9 Å². The van der Waals surface area contributed by atoms with Crippen LogP contribution in [0.4, 0.5) is 0 Å². The maximum Gasteiger partial charge on any atom is 0.306 e. The second-order valence-corrected chi connectivity index (χ2v) is 4.16. The number of hydrogen-bond donors (Lipinski definition) is 1. The molecule has 2 rings (SSSR count). The van der Waals surface area contributed by atoms with Gasteiger partial charge < -0.3 is 9.84 Å². The topological polar surface area (TPSA) is 46.5 Å². The number of benzene rings is 1. The lowest BCUT2D eigenvalue weighted by Gasteiger charge is -2.16. The van der Waals surface area contributed by atoms with Gasteiger partial charge in [-0.1, -0.05) is 30.3 Å². The van der Waals surface area contributed by atoms with Gasteiger partial charge in [0.25, 0.3) is 0 Å². The summed E-state index contributed by atoms with van der Waals surface area (Å²) < 4.78 is 5.02. The van der Waals surface area contributed by atoms with E-state index in [0.29, 0.717) is 19.3 Å². The fourth-order valence-electron chi connectivity index (χ4n) is 1.96. The summed E-state index contributed by atoms with van der Waals surface area (Å²) in [6.07, 6.45) is 1.71. The molecule has 0 unspecified atom stereocenters. The number of ether oxygens (including phenoxy) is 1. The predicted molar refractivity (Wildman–Crippen MR) is 59.9 cm³/mol. The summed E-state index contributed by atoms with van der Waals surface area (Å²) >= 11 is 0. The Balaban J connectivity index is 1.80. The van der Waals surface area contributed by atoms with Gasteiger partial charge in [-0.15, -0.1) is 0 Å². The summed E-state index contributed by atoms with van der Waals surface area (Å²) in [6, 6.07) is 10.0. The highest BCUT2D eigenvalue weighted by Crippen LogP contribution is 2.20. The fraction of sp³-hybridized carbons (Fsp3) is 0.462. The van der Waals surface area contributed by atoms with Crippen molar-refractivity contribution in [3.63, 3.8) is 0 Å². The minimum Gasteiger partial charge on any atom is -0.460 e. The minimum absolute atomic E-state index is 0.191. The molecule has 1 aliphatic heterocycles. The van der Waals surface area contributed by atoms with Gasteiger partial charge in [0.1, 0.15) is 6.10 Å². The number of aryl methyl sites for hydroxylation is 1. The van der Waals surface area contributed by atoms with E-state index >= 15 is 0 Å². The minimum atomic E-state index is -0.536. The van der Waals surface area contributed by atoms with Gasteiger partial charge in [-0.3, -0.25) is 4.79 Å². The van der Waals surface area contributed by atoms with E-state index in [0.717, 1.165) is 6.42 Å². The Hall–Kier alpha value is -1.35. The Bertz CT molecular complexity index is 347. The summed E-state index contributed by atoms with van der Waals surface area (Å²) in [4.78, 5) is 10.9. The molecule has 1 saturated heterocycles. The van der Waals surface area contributed by atoms with Crippen LogP contribution in [0.3, 0.4) is 0 Å². The van der Waals surface area contributed by atoms with E-state index in [1.165, 1.54) is 5.56 Å². The van der Waals surface area contributed by atoms with E-state index in [2.05, 4.69) is 0 Å². The highest BCUT2D eigenvalue weighted by Gasteiger charge is 2.29. The summed E-state index contributed by atoms with van der Waals surface area (Å²) in [7, 11) is 0. The number of carbonyl (C=O) groups is 1. The van der Waals surface area contributed by atoms with E-state index in [1.807, 2.05) is 30.3 Å². The maximum absolute atomic E-state index is 10.9. The molecule has 0 aromatic heterocycles. The Kier molecular flexibility index (Phi) is 3.57. The monoisotopic (exact) mass is 220 g/mol. The highest BCUT2D eigenvalue weighted by atomic mass is 16.6. The molecule has 3 heteroatoms. The molecular weight excluding hydrogens is 204 g/mol. The van der Waals surface area contributed by atoms with Crippen LogP contribution in [0.25, 0.3) is 0 Å². The third-order valence-electron chi connectivity index (χ3n) is 2.92. The zero-order chi connectivity index (χ0) is 11.4. The van der Waals surface area contributed by atoms with E-state index in [1.54, 1.807) is 0 Å². The van der Waals surface area contributed by atoms with Crippen molar-refractivity contribution in [1.29, 1.82) is 0 Å². The molecule has 0 bridgehead atoms. The largest absolute Gasteiger partial charge is 0.460 e. The van der Waals surface area contributed by atoms with Crippen molar-refractivity contribution in [2.24, 2.45) is 0 Å². The van der Waals surface area contributed by atoms with E-state index in [9.17, 15) is 9.90 Å². The number of aliphatic hydroxyl groups is 1. The van der Waals surface area contributed by atoms with Crippen LogP contribution in [0.15, 0.2) is 30.3 Å². The molecule has 1 aromatic rings. The lowest BCUT2D eigenvalue weighted by Crippen LogP contribution is -2.26. The molecule has 0 radical (unpaired) electrons. The van der Waals surface area contributed by atoms with Crippen LogP contribution in [0.2, 0.25) is 0 Å². The molecule has 0 spiro atoms. The van der Waals surface area contributed by atoms with Crippen LogP contribution in [0.5, 0.6) is 0 Å². The summed E-state index contributed by atoms with van der Waals surface area (Å²) in [5.74, 6) is -0.191. The van der Waals surface area contributed by atoms with Crippen LogP contribution < -0.4 is 0 Å². The highest BCUT2D eigenvalue weighted by molar-refractivity contribution is 5.71. The van der Waals surface area contributed by atoms with Gasteiger partial charge in [-0.25, -0.2) is 0 Å². The lowest BCUT2D eigenvalue weighted by molar-refractivity contribution is -0.145. The number of cyclic esters (lactones) is 1. The molecule has 16 heavy (non-hydrogen) atoms. The van der Waals surface area contributed by atoms with E-state index in [-0.39, 0.29) is 12.1 Å². The maximum atomic E-state index is 10.9. The van der Waals surface area contributed by atoms with Gasteiger partial charge in [0.2, 0.25) is 0 Å². The first-order chi connectivity index (χ1) is 7.75. The van der Waals surface area contributed by atoms with Crippen molar-refractivity contribution in [3.8, 4) is 0 Å². The van der Waals surface area contributed by atoms with Gasteiger partial charge >= 0.3 is 5.97 Å². The van der Waals surface area contributed by atoms with Crippen LogP contribution in [0.1, 0.15) is 24.8 Å². The molecule has 1 aliphatic rings. The van der Waals surface area contributed by atoms with Gasteiger partial charge in [0.05, 0.1) is 6.10 Å². The van der Waals surface area contributed by atoms with Crippen LogP contribution in [-0.4, -0.2) is 23.3 Å². The summed E-state index contributed by atoms with van der Waals surface area (Å²) in [5, 5.41) is 9.85. The van der Waals surface area contributed by atoms with E-state index < -0.39 is 6.10 Å². The quantitative estimate of drug-likeness (QED) is 0.785. The van der Waals surface area contributed by atoms with Crippen molar-refractivity contribution in [3.05, 3.63) is 35.9 Å². The van der Waals surface area contributed by atoms with Crippen LogP contribution in [0, 0.1) is 0 Å². The number of hydrogen-bond acceptors (Lipinski definition) is 3. The summed E-state index contributed by atoms with van der Waals surface area (Å²) in [6.45, 7) is 0. The van der Waals surface area contributed by atoms with E-state index in [4.69, 9.17) is 4.74 Å². The smallest absolute Gasteiger partial charge is 0.306 e. The number of aliphatic hydroxyl groups excluding tert-OH is 1. The molecular formula is C13H16O3. The first-order valence-corrected chi connectivity index (χ1v) is 5.67. The second-order valence-electron chi connectivity index (χ2n) is 4.16. The van der Waals surface area contributed by atoms with Gasteiger partial charge in [-0.2, -0.15) is 0 Å². The number of rotatable bonds is 4. The molecule has 0 saturated carbocycles. The van der Waals surface area contributed by atoms with Gasteiger partial charge in [0.15, 0.2) is 0 Å². The molecule has 1 fully saturated rings. The molecule has 0 amide bonds.